The van der Waals surface area contributed by atoms with Gasteiger partial charge in [0.1, 0.15) is 0 Å². The Balaban J connectivity index is 2.09. The normalized spacial score (nSPS) is 11.1. The van der Waals surface area contributed by atoms with Gasteiger partial charge in [-0.05, 0) is 42.7 Å². The van der Waals surface area contributed by atoms with Gasteiger partial charge in [0.05, 0.1) is 5.39 Å². The van der Waals surface area contributed by atoms with Crippen LogP contribution in [0.3, 0.4) is 0 Å². The fourth-order valence-electron chi connectivity index (χ4n) is 2.82. The monoisotopic (exact) mass is 369 g/mol. The molecule has 0 aliphatic heterocycles. The highest BCUT2D eigenvalue weighted by Crippen LogP contribution is 2.21. The first-order valence-corrected chi connectivity index (χ1v) is 8.82. The molecule has 6 heteroatoms. The van der Waals surface area contributed by atoms with E-state index >= 15 is 0 Å². The number of anilines is 1. The number of aromatic nitrogens is 2. The molecule has 3 rings (SSSR count). The van der Waals surface area contributed by atoms with Gasteiger partial charge in [-0.2, -0.15) is 5.10 Å². The van der Waals surface area contributed by atoms with Crippen LogP contribution in [0, 0.1) is 12.8 Å². The Bertz CT molecular complexity index is 1040. The fraction of sp³-hybridized carbons (Fsp3) is 0.250. The second kappa shape index (κ2) is 7.30. The third-order valence-electron chi connectivity index (χ3n) is 4.06. The molecule has 0 saturated carbocycles. The molecule has 1 heterocycles. The predicted molar refractivity (Wildman–Crippen MR) is 105 cm³/mol. The molecular weight excluding hydrogens is 350 g/mol. The van der Waals surface area contributed by atoms with E-state index in [9.17, 15) is 9.59 Å². The Kier molecular flexibility index (Phi) is 5.09. The lowest BCUT2D eigenvalue weighted by molar-refractivity contribution is 0.102. The summed E-state index contributed by atoms with van der Waals surface area (Å²) < 4.78 is 1.37. The highest BCUT2D eigenvalue weighted by Gasteiger charge is 2.17. The number of nitrogens with zero attached hydrogens (tertiary/aromatic N) is 2. The van der Waals surface area contributed by atoms with E-state index in [4.69, 9.17) is 11.6 Å². The number of nitrogens with one attached hydrogen (secondary N) is 1. The Labute approximate surface area is 156 Å². The zero-order chi connectivity index (χ0) is 18.8. The zero-order valence-electron chi connectivity index (χ0n) is 14.9. The number of benzene rings is 2. The van der Waals surface area contributed by atoms with Crippen LogP contribution in [0.5, 0.6) is 0 Å². The van der Waals surface area contributed by atoms with Crippen molar-refractivity contribution in [1.29, 1.82) is 0 Å². The predicted octanol–water partition coefficient (Wildman–Crippen LogP) is 4.27. The minimum Gasteiger partial charge on any atom is -0.320 e. The number of aryl methyl sites for hydroxylation is 1. The molecule has 0 bridgehead atoms. The van der Waals surface area contributed by atoms with Crippen molar-refractivity contribution in [2.24, 2.45) is 5.92 Å². The maximum atomic E-state index is 12.9. The van der Waals surface area contributed by atoms with E-state index in [1.54, 1.807) is 42.5 Å². The summed E-state index contributed by atoms with van der Waals surface area (Å²) >= 11 is 5.97. The Morgan fingerprint density at radius 1 is 1.19 bits per heavy atom. The van der Waals surface area contributed by atoms with Gasteiger partial charge in [-0.3, -0.25) is 9.59 Å². The van der Waals surface area contributed by atoms with Crippen LogP contribution < -0.4 is 10.9 Å². The van der Waals surface area contributed by atoms with Crippen LogP contribution in [0.15, 0.2) is 47.3 Å². The third-order valence-corrected chi connectivity index (χ3v) is 4.29. The smallest absolute Gasteiger partial charge is 0.276 e. The lowest BCUT2D eigenvalue weighted by Gasteiger charge is -2.13. The van der Waals surface area contributed by atoms with E-state index in [-0.39, 0.29) is 23.1 Å². The molecular formula is C20H20ClN3O2. The SMILES string of the molecule is Cc1cc(Cl)ccc1NC(=O)c1nn(CC(C)C)c(=O)c2ccccc12. The third kappa shape index (κ3) is 3.63. The zero-order valence-corrected chi connectivity index (χ0v) is 15.7. The Hall–Kier alpha value is -2.66. The van der Waals surface area contributed by atoms with Gasteiger partial charge < -0.3 is 5.32 Å². The van der Waals surface area contributed by atoms with Gasteiger partial charge in [0.15, 0.2) is 5.69 Å². The average Bonchev–Trinajstić information content (AvgIpc) is 2.59. The number of amides is 1. The number of carbonyl (C=O) groups excluding carboxylic acids is 1. The molecule has 0 saturated heterocycles. The van der Waals surface area contributed by atoms with Crippen molar-refractivity contribution in [3.05, 3.63) is 69.1 Å². The van der Waals surface area contributed by atoms with Crippen LogP contribution >= 0.6 is 11.6 Å². The quantitative estimate of drug-likeness (QED) is 0.747. The van der Waals surface area contributed by atoms with Gasteiger partial charge in [0, 0.05) is 22.6 Å². The van der Waals surface area contributed by atoms with Crippen LogP contribution in [-0.4, -0.2) is 15.7 Å². The van der Waals surface area contributed by atoms with Crippen molar-refractivity contribution < 1.29 is 4.79 Å². The van der Waals surface area contributed by atoms with Gasteiger partial charge >= 0.3 is 0 Å². The minimum absolute atomic E-state index is 0.187. The van der Waals surface area contributed by atoms with E-state index in [0.717, 1.165) is 5.56 Å². The maximum absolute atomic E-state index is 12.9. The highest BCUT2D eigenvalue weighted by atomic mass is 35.5. The van der Waals surface area contributed by atoms with Crippen molar-refractivity contribution in [2.75, 3.05) is 5.32 Å². The molecule has 1 aromatic heterocycles. The average molecular weight is 370 g/mol. The molecule has 0 radical (unpaired) electrons. The molecule has 1 amide bonds. The second-order valence-corrected chi connectivity index (χ2v) is 7.13. The molecule has 0 aliphatic carbocycles. The molecule has 2 aromatic carbocycles. The first-order valence-electron chi connectivity index (χ1n) is 8.44. The van der Waals surface area contributed by atoms with E-state index in [2.05, 4.69) is 10.4 Å². The van der Waals surface area contributed by atoms with E-state index in [0.29, 0.717) is 28.0 Å². The minimum atomic E-state index is -0.357. The van der Waals surface area contributed by atoms with Crippen LogP contribution in [0.25, 0.3) is 10.8 Å². The number of halogens is 1. The lowest BCUT2D eigenvalue weighted by atomic mass is 10.1. The highest BCUT2D eigenvalue weighted by molar-refractivity contribution is 6.30. The maximum Gasteiger partial charge on any atom is 0.276 e. The number of hydrogen-bond acceptors (Lipinski definition) is 3. The second-order valence-electron chi connectivity index (χ2n) is 6.69. The van der Waals surface area contributed by atoms with Crippen LogP contribution in [-0.2, 0) is 6.54 Å². The van der Waals surface area contributed by atoms with Crippen LogP contribution in [0.4, 0.5) is 5.69 Å². The van der Waals surface area contributed by atoms with Crippen molar-refractivity contribution in [1.82, 2.24) is 9.78 Å². The van der Waals surface area contributed by atoms with Crippen LogP contribution in [0.2, 0.25) is 5.02 Å². The summed E-state index contributed by atoms with van der Waals surface area (Å²) in [6.45, 7) is 6.32. The van der Waals surface area contributed by atoms with E-state index in [1.807, 2.05) is 20.8 Å². The summed E-state index contributed by atoms with van der Waals surface area (Å²) in [5, 5.41) is 8.86. The lowest BCUT2D eigenvalue weighted by Crippen LogP contribution is -2.29. The molecule has 3 aromatic rings. The topological polar surface area (TPSA) is 64.0 Å². The number of fused-ring (bicyclic) bond motifs is 1. The fourth-order valence-corrected chi connectivity index (χ4v) is 3.05. The van der Waals surface area contributed by atoms with Gasteiger partial charge in [-0.1, -0.05) is 43.6 Å². The van der Waals surface area contributed by atoms with Crippen molar-refractivity contribution in [3.8, 4) is 0 Å². The molecule has 1 N–H and O–H groups in total. The number of carbonyl (C=O) groups is 1. The van der Waals surface area contributed by atoms with Crippen molar-refractivity contribution in [2.45, 2.75) is 27.3 Å². The summed E-state index contributed by atoms with van der Waals surface area (Å²) in [7, 11) is 0. The molecule has 5 nitrogen and oxygen atoms in total. The molecule has 0 aliphatic rings. The molecule has 0 fully saturated rings. The van der Waals surface area contributed by atoms with E-state index < -0.39 is 0 Å². The van der Waals surface area contributed by atoms with E-state index in [1.165, 1.54) is 4.68 Å². The summed E-state index contributed by atoms with van der Waals surface area (Å²) in [5.41, 5.74) is 1.56. The molecule has 134 valence electrons. The van der Waals surface area contributed by atoms with Crippen LogP contribution in [0.1, 0.15) is 29.9 Å². The molecule has 0 atom stereocenters. The largest absolute Gasteiger partial charge is 0.320 e. The number of hydrogen-bond donors (Lipinski definition) is 1. The summed E-state index contributed by atoms with van der Waals surface area (Å²) in [4.78, 5) is 25.5. The van der Waals surface area contributed by atoms with Gasteiger partial charge in [0.25, 0.3) is 11.5 Å². The molecule has 0 unspecified atom stereocenters. The van der Waals surface area contributed by atoms with Crippen molar-refractivity contribution >= 4 is 34.0 Å². The molecule has 26 heavy (non-hydrogen) atoms. The van der Waals surface area contributed by atoms with Gasteiger partial charge in [-0.15, -0.1) is 0 Å². The van der Waals surface area contributed by atoms with Gasteiger partial charge in [-0.25, -0.2) is 4.68 Å². The molecule has 0 spiro atoms. The van der Waals surface area contributed by atoms with Crippen molar-refractivity contribution in [3.63, 3.8) is 0 Å². The Morgan fingerprint density at radius 2 is 1.88 bits per heavy atom. The summed E-state index contributed by atoms with van der Waals surface area (Å²) in [5.74, 6) is -0.125. The Morgan fingerprint density at radius 3 is 2.54 bits per heavy atom. The standard InChI is InChI=1S/C20H20ClN3O2/c1-12(2)11-24-20(26)16-7-5-4-6-15(16)18(23-24)19(25)22-17-9-8-14(21)10-13(17)3/h4-10,12H,11H2,1-3H3,(H,22,25). The first kappa shape index (κ1) is 18.1. The summed E-state index contributed by atoms with van der Waals surface area (Å²) in [6, 6.07) is 12.3. The van der Waals surface area contributed by atoms with Gasteiger partial charge in [0.2, 0.25) is 0 Å². The number of rotatable bonds is 4. The first-order chi connectivity index (χ1) is 12.4. The summed E-state index contributed by atoms with van der Waals surface area (Å²) in [6.07, 6.45) is 0.